The molecule has 0 saturated carbocycles. The number of methoxy groups -OCH3 is 3. The Morgan fingerprint density at radius 2 is 1.59 bits per heavy atom. The molecule has 0 bridgehead atoms. The number of benzene rings is 2. The van der Waals surface area contributed by atoms with Crippen LogP contribution in [0.1, 0.15) is 18.1 Å². The van der Waals surface area contributed by atoms with E-state index in [2.05, 4.69) is 0 Å². The van der Waals surface area contributed by atoms with Gasteiger partial charge in [-0.2, -0.15) is 0 Å². The summed E-state index contributed by atoms with van der Waals surface area (Å²) in [7, 11) is 4.74. The number of nitrogens with zero attached hydrogens (tertiary/aromatic N) is 2. The van der Waals surface area contributed by atoms with Gasteiger partial charge in [-0.05, 0) is 41.8 Å². The van der Waals surface area contributed by atoms with Gasteiger partial charge in [-0.1, -0.05) is 12.1 Å². The number of anilines is 1. The summed E-state index contributed by atoms with van der Waals surface area (Å²) in [5, 5.41) is 0. The van der Waals surface area contributed by atoms with E-state index in [0.717, 1.165) is 17.5 Å². The summed E-state index contributed by atoms with van der Waals surface area (Å²) >= 11 is 0. The van der Waals surface area contributed by atoms with Gasteiger partial charge in [0.25, 0.3) is 0 Å². The van der Waals surface area contributed by atoms with E-state index in [4.69, 9.17) is 14.2 Å². The number of para-hydroxylation sites is 2. The fraction of sp³-hybridized carbons (Fsp3) is 0.364. The number of carbonyl (C=O) groups is 2. The van der Waals surface area contributed by atoms with Crippen LogP contribution in [0.15, 0.2) is 36.4 Å². The Balaban J connectivity index is 1.79. The van der Waals surface area contributed by atoms with Crippen molar-refractivity contribution in [2.75, 3.05) is 39.3 Å². The number of hydrogen-bond donors (Lipinski definition) is 0. The van der Waals surface area contributed by atoms with Crippen molar-refractivity contribution < 1.29 is 23.8 Å². The van der Waals surface area contributed by atoms with Crippen molar-refractivity contribution in [2.24, 2.45) is 0 Å². The Bertz CT molecular complexity index is 912. The topological polar surface area (TPSA) is 68.3 Å². The summed E-state index contributed by atoms with van der Waals surface area (Å²) < 4.78 is 16.1. The van der Waals surface area contributed by atoms with Crippen LogP contribution in [0.25, 0.3) is 0 Å². The summed E-state index contributed by atoms with van der Waals surface area (Å²) in [5.74, 6) is 1.54. The smallest absolute Gasteiger partial charge is 0.242 e. The predicted molar refractivity (Wildman–Crippen MR) is 110 cm³/mol. The second-order valence-corrected chi connectivity index (χ2v) is 6.82. The lowest BCUT2D eigenvalue weighted by Crippen LogP contribution is -2.44. The zero-order valence-electron chi connectivity index (χ0n) is 17.2. The Morgan fingerprint density at radius 3 is 2.21 bits per heavy atom. The normalized spacial score (nSPS) is 12.8. The highest BCUT2D eigenvalue weighted by Crippen LogP contribution is 2.33. The molecule has 0 unspecified atom stereocenters. The Labute approximate surface area is 170 Å². The summed E-state index contributed by atoms with van der Waals surface area (Å²) in [4.78, 5) is 28.5. The van der Waals surface area contributed by atoms with E-state index in [1.807, 2.05) is 24.3 Å². The quantitative estimate of drug-likeness (QED) is 0.748. The highest BCUT2D eigenvalue weighted by atomic mass is 16.5. The summed E-state index contributed by atoms with van der Waals surface area (Å²) in [5.41, 5.74) is 2.74. The van der Waals surface area contributed by atoms with E-state index in [1.165, 1.54) is 11.8 Å². The number of fused-ring (bicyclic) bond motifs is 1. The van der Waals surface area contributed by atoms with Crippen molar-refractivity contribution in [2.45, 2.75) is 19.9 Å². The molecule has 0 saturated heterocycles. The van der Waals surface area contributed by atoms with Crippen molar-refractivity contribution in [3.63, 3.8) is 0 Å². The van der Waals surface area contributed by atoms with Gasteiger partial charge in [0.2, 0.25) is 11.8 Å². The van der Waals surface area contributed by atoms with Gasteiger partial charge in [-0.3, -0.25) is 14.5 Å². The molecule has 3 rings (SSSR count). The van der Waals surface area contributed by atoms with Gasteiger partial charge in [-0.25, -0.2) is 0 Å². The lowest BCUT2D eigenvalue weighted by Gasteiger charge is -2.32. The predicted octanol–water partition coefficient (Wildman–Crippen LogP) is 2.65. The van der Waals surface area contributed by atoms with Gasteiger partial charge in [-0.15, -0.1) is 0 Å². The first-order valence-electron chi connectivity index (χ1n) is 9.41. The SMILES string of the molecule is COc1cc2c(cc1OC)CN(C(=O)CN(C(C)=O)c1ccccc1OC)CC2. The fourth-order valence-corrected chi connectivity index (χ4v) is 3.55. The largest absolute Gasteiger partial charge is 0.495 e. The van der Waals surface area contributed by atoms with Gasteiger partial charge < -0.3 is 19.1 Å². The van der Waals surface area contributed by atoms with Crippen LogP contribution in [-0.2, 0) is 22.6 Å². The third-order valence-electron chi connectivity index (χ3n) is 5.12. The molecule has 0 aromatic heterocycles. The van der Waals surface area contributed by atoms with Crippen LogP contribution in [0.4, 0.5) is 5.69 Å². The molecule has 0 atom stereocenters. The molecule has 29 heavy (non-hydrogen) atoms. The van der Waals surface area contributed by atoms with Crippen LogP contribution in [0, 0.1) is 0 Å². The van der Waals surface area contributed by atoms with Gasteiger partial charge in [0.05, 0.1) is 27.0 Å². The molecule has 0 N–H and O–H groups in total. The number of amides is 2. The minimum Gasteiger partial charge on any atom is -0.495 e. The van der Waals surface area contributed by atoms with Crippen LogP contribution in [0.3, 0.4) is 0 Å². The van der Waals surface area contributed by atoms with Crippen LogP contribution in [0.2, 0.25) is 0 Å². The third kappa shape index (κ3) is 4.29. The number of carbonyl (C=O) groups excluding carboxylic acids is 2. The summed E-state index contributed by atoms with van der Waals surface area (Å²) in [6, 6.07) is 11.1. The molecule has 0 spiro atoms. The Kier molecular flexibility index (Phi) is 6.26. The van der Waals surface area contributed by atoms with Crippen LogP contribution < -0.4 is 19.1 Å². The molecule has 7 heteroatoms. The molecule has 0 aliphatic carbocycles. The molecule has 1 aliphatic rings. The molecule has 1 heterocycles. The maximum Gasteiger partial charge on any atom is 0.242 e. The minimum atomic E-state index is -0.216. The number of hydrogen-bond acceptors (Lipinski definition) is 5. The Morgan fingerprint density at radius 1 is 0.966 bits per heavy atom. The number of rotatable bonds is 6. The zero-order chi connectivity index (χ0) is 21.0. The van der Waals surface area contributed by atoms with Gasteiger partial charge in [0.15, 0.2) is 11.5 Å². The van der Waals surface area contributed by atoms with E-state index in [0.29, 0.717) is 36.0 Å². The number of ether oxygens (including phenoxy) is 3. The van der Waals surface area contributed by atoms with Crippen LogP contribution >= 0.6 is 0 Å². The van der Waals surface area contributed by atoms with Crippen molar-refractivity contribution in [3.05, 3.63) is 47.5 Å². The highest BCUT2D eigenvalue weighted by molar-refractivity contribution is 5.98. The van der Waals surface area contributed by atoms with Crippen molar-refractivity contribution >= 4 is 17.5 Å². The second kappa shape index (κ2) is 8.86. The molecule has 1 aliphatic heterocycles. The first-order valence-corrected chi connectivity index (χ1v) is 9.41. The van der Waals surface area contributed by atoms with E-state index in [-0.39, 0.29) is 18.4 Å². The molecular formula is C22H26N2O5. The monoisotopic (exact) mass is 398 g/mol. The zero-order valence-corrected chi connectivity index (χ0v) is 17.2. The lowest BCUT2D eigenvalue weighted by atomic mass is 9.98. The van der Waals surface area contributed by atoms with Crippen molar-refractivity contribution in [1.82, 2.24) is 4.90 Å². The van der Waals surface area contributed by atoms with Gasteiger partial charge in [0, 0.05) is 20.0 Å². The fourth-order valence-electron chi connectivity index (χ4n) is 3.55. The van der Waals surface area contributed by atoms with E-state index < -0.39 is 0 Å². The standard InChI is InChI=1S/C22H26N2O5/c1-15(25)24(18-7-5-6-8-19(18)27-2)14-22(26)23-10-9-16-11-20(28-3)21(29-4)12-17(16)13-23/h5-8,11-12H,9-10,13-14H2,1-4H3. The molecule has 7 nitrogen and oxygen atoms in total. The third-order valence-corrected chi connectivity index (χ3v) is 5.12. The minimum absolute atomic E-state index is 0.0433. The molecule has 0 radical (unpaired) electrons. The lowest BCUT2D eigenvalue weighted by molar-refractivity contribution is -0.132. The maximum atomic E-state index is 13.0. The van der Waals surface area contributed by atoms with Crippen molar-refractivity contribution in [1.29, 1.82) is 0 Å². The van der Waals surface area contributed by atoms with Gasteiger partial charge in [0.1, 0.15) is 12.3 Å². The first-order chi connectivity index (χ1) is 14.0. The first kappa shape index (κ1) is 20.5. The highest BCUT2D eigenvalue weighted by Gasteiger charge is 2.26. The van der Waals surface area contributed by atoms with Gasteiger partial charge >= 0.3 is 0 Å². The summed E-state index contributed by atoms with van der Waals surface area (Å²) in [6.45, 7) is 2.45. The average Bonchev–Trinajstić information content (AvgIpc) is 2.75. The molecule has 2 aromatic carbocycles. The van der Waals surface area contributed by atoms with E-state index >= 15 is 0 Å². The van der Waals surface area contributed by atoms with Crippen LogP contribution in [0.5, 0.6) is 17.2 Å². The molecule has 154 valence electrons. The Hall–Kier alpha value is -3.22. The van der Waals surface area contributed by atoms with E-state index in [1.54, 1.807) is 38.4 Å². The second-order valence-electron chi connectivity index (χ2n) is 6.82. The average molecular weight is 398 g/mol. The van der Waals surface area contributed by atoms with E-state index in [9.17, 15) is 9.59 Å². The van der Waals surface area contributed by atoms with Crippen LogP contribution in [-0.4, -0.2) is 51.1 Å². The van der Waals surface area contributed by atoms with Crippen molar-refractivity contribution in [3.8, 4) is 17.2 Å². The molecule has 0 fully saturated rings. The summed E-state index contributed by atoms with van der Waals surface area (Å²) in [6.07, 6.45) is 0.718. The molecular weight excluding hydrogens is 372 g/mol. The maximum absolute atomic E-state index is 13.0. The molecule has 2 aromatic rings. The molecule has 2 amide bonds.